The minimum atomic E-state index is -1.88. The Kier molecular flexibility index (Phi) is 12.4. The molecule has 7 N–H and O–H groups in total. The molecule has 43 heavy (non-hydrogen) atoms. The highest BCUT2D eigenvalue weighted by atomic mass is 16.7. The number of carboxylic acids is 1. The number of nitrogens with two attached hydrogens (primary N) is 1. The number of aliphatic hydroxyl groups is 3. The van der Waals surface area contributed by atoms with Gasteiger partial charge in [0.05, 0.1) is 0 Å². The first-order valence-corrected chi connectivity index (χ1v) is 13.9. The molecule has 236 valence electrons. The summed E-state index contributed by atoms with van der Waals surface area (Å²) in [6, 6.07) is 4.93. The molecule has 5 atom stereocenters. The molecule has 1 aromatic rings. The van der Waals surface area contributed by atoms with Gasteiger partial charge in [-0.2, -0.15) is 0 Å². The van der Waals surface area contributed by atoms with Gasteiger partial charge in [-0.3, -0.25) is 19.3 Å². The van der Waals surface area contributed by atoms with Crippen molar-refractivity contribution < 1.29 is 58.6 Å². The van der Waals surface area contributed by atoms with E-state index in [0.29, 0.717) is 63.6 Å². The number of carbonyl (C=O) groups excluding carboxylic acids is 4. The second-order valence-electron chi connectivity index (χ2n) is 10.2. The van der Waals surface area contributed by atoms with Gasteiger partial charge < -0.3 is 45.7 Å². The Morgan fingerprint density at radius 2 is 1.67 bits per heavy atom. The van der Waals surface area contributed by atoms with Crippen LogP contribution in [0.25, 0.3) is 0 Å². The monoisotopic (exact) mass is 607 g/mol. The zero-order chi connectivity index (χ0) is 31.5. The molecule has 15 heteroatoms. The van der Waals surface area contributed by atoms with Gasteiger partial charge in [-0.1, -0.05) is 18.6 Å². The quantitative estimate of drug-likeness (QED) is 0.103. The number of hydrogen-bond acceptors (Lipinski definition) is 11. The summed E-state index contributed by atoms with van der Waals surface area (Å²) in [6.07, 6.45) is -3.38. The minimum absolute atomic E-state index is 0.0820. The van der Waals surface area contributed by atoms with E-state index in [4.69, 9.17) is 19.9 Å². The van der Waals surface area contributed by atoms with E-state index < -0.39 is 42.8 Å². The molecule has 0 radical (unpaired) electrons. The van der Waals surface area contributed by atoms with Crippen molar-refractivity contribution in [3.63, 3.8) is 0 Å². The summed E-state index contributed by atoms with van der Waals surface area (Å²) >= 11 is 0. The Morgan fingerprint density at radius 3 is 2.35 bits per heavy atom. The van der Waals surface area contributed by atoms with Crippen LogP contribution in [0.1, 0.15) is 49.7 Å². The predicted molar refractivity (Wildman–Crippen MR) is 146 cm³/mol. The van der Waals surface area contributed by atoms with Crippen LogP contribution in [0.15, 0.2) is 30.4 Å². The fourth-order valence-corrected chi connectivity index (χ4v) is 4.56. The van der Waals surface area contributed by atoms with Crippen LogP contribution in [0.3, 0.4) is 0 Å². The molecular weight excluding hydrogens is 570 g/mol. The number of benzene rings is 1. The molecule has 2 aliphatic heterocycles. The van der Waals surface area contributed by atoms with Crippen molar-refractivity contribution in [1.29, 1.82) is 0 Å². The number of carbonyl (C=O) groups is 5. The van der Waals surface area contributed by atoms with Crippen LogP contribution in [-0.2, 0) is 41.7 Å². The molecule has 2 aliphatic rings. The number of aliphatic carboxylic acids is 1. The Bertz CT molecular complexity index is 1190. The van der Waals surface area contributed by atoms with Gasteiger partial charge in [-0.25, -0.2) is 9.59 Å². The third kappa shape index (κ3) is 9.74. The highest BCUT2D eigenvalue weighted by Gasteiger charge is 2.48. The van der Waals surface area contributed by atoms with Crippen molar-refractivity contribution in [2.75, 3.05) is 13.1 Å². The number of nitrogens with one attached hydrogen (secondary N) is 1. The summed E-state index contributed by atoms with van der Waals surface area (Å²) < 4.78 is 15.7. The lowest BCUT2D eigenvalue weighted by atomic mass is 9.99. The highest BCUT2D eigenvalue weighted by Crippen LogP contribution is 2.29. The van der Waals surface area contributed by atoms with Crippen LogP contribution in [0, 0.1) is 0 Å². The van der Waals surface area contributed by atoms with Crippen molar-refractivity contribution in [3.8, 4) is 5.75 Å². The fourth-order valence-electron chi connectivity index (χ4n) is 4.56. The maximum absolute atomic E-state index is 12.1. The van der Waals surface area contributed by atoms with Crippen LogP contribution >= 0.6 is 0 Å². The van der Waals surface area contributed by atoms with E-state index >= 15 is 0 Å². The molecule has 0 aliphatic carbocycles. The van der Waals surface area contributed by atoms with Gasteiger partial charge in [0.2, 0.25) is 12.2 Å². The van der Waals surface area contributed by atoms with Crippen LogP contribution in [0.2, 0.25) is 0 Å². The molecule has 1 aromatic carbocycles. The summed E-state index contributed by atoms with van der Waals surface area (Å²) in [6.45, 7) is 0.494. The van der Waals surface area contributed by atoms with Crippen LogP contribution in [0.4, 0.5) is 4.79 Å². The Hall–Kier alpha value is -4.05. The molecule has 1 fully saturated rings. The molecule has 0 unspecified atom stereocenters. The summed E-state index contributed by atoms with van der Waals surface area (Å²) in [4.78, 5) is 58.9. The highest BCUT2D eigenvalue weighted by molar-refractivity contribution is 6.12. The van der Waals surface area contributed by atoms with Crippen molar-refractivity contribution in [1.82, 2.24) is 10.2 Å². The van der Waals surface area contributed by atoms with Crippen molar-refractivity contribution in [2.24, 2.45) is 5.73 Å². The largest absolute Gasteiger partial charge is 0.479 e. The zero-order valence-electron chi connectivity index (χ0n) is 23.4. The number of ether oxygens (including phenoxy) is 3. The van der Waals surface area contributed by atoms with E-state index in [2.05, 4.69) is 5.32 Å². The first kappa shape index (κ1) is 33.5. The van der Waals surface area contributed by atoms with Crippen LogP contribution < -0.4 is 15.8 Å². The molecule has 1 saturated heterocycles. The Labute approximate surface area is 247 Å². The molecule has 0 aromatic heterocycles. The lowest BCUT2D eigenvalue weighted by Crippen LogP contribution is -2.61. The normalized spacial score (nSPS) is 23.3. The second kappa shape index (κ2) is 16.0. The van der Waals surface area contributed by atoms with Gasteiger partial charge in [0, 0.05) is 37.2 Å². The zero-order valence-corrected chi connectivity index (χ0v) is 23.4. The summed E-state index contributed by atoms with van der Waals surface area (Å²) in [7, 11) is 0. The van der Waals surface area contributed by atoms with E-state index in [1.54, 1.807) is 18.2 Å². The molecular formula is C28H37N3O12. The number of rotatable bonds is 16. The third-order valence-corrected chi connectivity index (χ3v) is 6.96. The number of hydrogen-bond donors (Lipinski definition) is 6. The van der Waals surface area contributed by atoms with Gasteiger partial charge in [0.15, 0.2) is 6.10 Å². The summed E-state index contributed by atoms with van der Waals surface area (Å²) in [5.41, 5.74) is 6.15. The number of primary amides is 1. The van der Waals surface area contributed by atoms with Gasteiger partial charge in [0.1, 0.15) is 30.7 Å². The Balaban J connectivity index is 1.45. The number of aryl methyl sites for hydroxylation is 1. The number of imide groups is 1. The first-order chi connectivity index (χ1) is 20.5. The first-order valence-electron chi connectivity index (χ1n) is 13.9. The number of unbranched alkanes of at least 4 members (excludes halogenated alkanes) is 3. The fraction of sp³-hybridized carbons (Fsp3) is 0.536. The average molecular weight is 608 g/mol. The van der Waals surface area contributed by atoms with E-state index in [9.17, 15) is 44.4 Å². The van der Waals surface area contributed by atoms with Crippen LogP contribution in [-0.4, -0.2) is 98.9 Å². The molecule has 0 saturated carbocycles. The average Bonchev–Trinajstić information content (AvgIpc) is 3.28. The molecule has 0 bridgehead atoms. The SMILES string of the molecule is NC(=O)OCc1ccc(CCCCNC(=O)CCCCCN2C(=O)C=CC2=O)cc1O[C@@H]1O[C@H](C(=O)O)[C@@H](O)[C@H](O)[C@H]1O. The molecule has 2 heterocycles. The summed E-state index contributed by atoms with van der Waals surface area (Å²) in [5, 5.41) is 42.4. The van der Waals surface area contributed by atoms with Crippen LogP contribution in [0.5, 0.6) is 5.75 Å². The topological polar surface area (TPSA) is 235 Å². The smallest absolute Gasteiger partial charge is 0.404 e. The van der Waals surface area contributed by atoms with Gasteiger partial charge in [0.25, 0.3) is 11.8 Å². The van der Waals surface area contributed by atoms with Crippen molar-refractivity contribution in [2.45, 2.75) is 82.3 Å². The van der Waals surface area contributed by atoms with E-state index in [0.717, 1.165) is 5.56 Å². The second-order valence-corrected chi connectivity index (χ2v) is 10.2. The molecule has 3 rings (SSSR count). The maximum Gasteiger partial charge on any atom is 0.404 e. The third-order valence-electron chi connectivity index (χ3n) is 6.96. The van der Waals surface area contributed by atoms with E-state index in [1.807, 2.05) is 0 Å². The number of nitrogens with zero attached hydrogens (tertiary/aromatic N) is 1. The number of amides is 4. The standard InChI is InChI=1S/C28H37N3O12/c29-28(40)41-15-17-9-8-16(14-18(17)42-27-24(37)22(35)23(36)25(43-27)26(38)39)6-3-4-12-30-19(32)7-2-1-5-13-31-20(33)10-11-21(31)34/h8-11,14,22-25,27,35-37H,1-7,12-13,15H2,(H2,29,40)(H,30,32)(H,38,39)/t22-,23-,24+,25-,27+/m0/s1. The maximum atomic E-state index is 12.1. The molecule has 0 spiro atoms. The lowest BCUT2D eigenvalue weighted by molar-refractivity contribution is -0.271. The van der Waals surface area contributed by atoms with Gasteiger partial charge in [-0.15, -0.1) is 0 Å². The summed E-state index contributed by atoms with van der Waals surface area (Å²) in [5.74, 6) is -2.20. The minimum Gasteiger partial charge on any atom is -0.479 e. The van der Waals surface area contributed by atoms with Gasteiger partial charge >= 0.3 is 12.1 Å². The number of carboxylic acid groups (broad SMARTS) is 1. The van der Waals surface area contributed by atoms with Crippen molar-refractivity contribution in [3.05, 3.63) is 41.5 Å². The number of aliphatic hydroxyl groups excluding tert-OH is 3. The Morgan fingerprint density at radius 1 is 0.953 bits per heavy atom. The van der Waals surface area contributed by atoms with Gasteiger partial charge in [-0.05, 0) is 43.7 Å². The van der Waals surface area contributed by atoms with E-state index in [-0.39, 0.29) is 30.1 Å². The molecule has 4 amide bonds. The van der Waals surface area contributed by atoms with Crippen molar-refractivity contribution >= 4 is 29.8 Å². The predicted octanol–water partition coefficient (Wildman–Crippen LogP) is -0.523. The molecule has 15 nitrogen and oxygen atoms in total. The van der Waals surface area contributed by atoms with E-state index in [1.165, 1.54) is 17.1 Å². The lowest BCUT2D eigenvalue weighted by Gasteiger charge is -2.38.